The molecule has 1 rings (SSSR count). The minimum atomic E-state index is -0.598. The van der Waals surface area contributed by atoms with Gasteiger partial charge in [-0.25, -0.2) is 0 Å². The molecule has 1 aromatic carbocycles. The zero-order chi connectivity index (χ0) is 12.1. The highest BCUT2D eigenvalue weighted by atomic mass is 127. The number of nitrogens with zero attached hydrogens (tertiary/aromatic N) is 1. The maximum Gasteiger partial charge on any atom is 0.241 e. The van der Waals surface area contributed by atoms with Gasteiger partial charge in [0.2, 0.25) is 5.91 Å². The quantitative estimate of drug-likeness (QED) is 0.867. The first-order chi connectivity index (χ1) is 7.54. The average molecular weight is 328 g/mol. The van der Waals surface area contributed by atoms with E-state index in [1.54, 1.807) is 0 Å². The molecule has 0 aliphatic rings. The number of nitriles is 1. The number of anilines is 1. The molecule has 0 aromatic heterocycles. The van der Waals surface area contributed by atoms with Crippen LogP contribution in [0.2, 0.25) is 0 Å². The van der Waals surface area contributed by atoms with Crippen molar-refractivity contribution in [3.63, 3.8) is 0 Å². The zero-order valence-corrected chi connectivity index (χ0v) is 11.4. The van der Waals surface area contributed by atoms with Crippen LogP contribution in [0, 0.1) is 26.7 Å². The summed E-state index contributed by atoms with van der Waals surface area (Å²) < 4.78 is 1.11. The molecule has 1 N–H and O–H groups in total. The minimum absolute atomic E-state index is 0.0221. The van der Waals surface area contributed by atoms with Crippen LogP contribution in [0.5, 0.6) is 0 Å². The first-order valence-corrected chi connectivity index (χ1v) is 6.08. The van der Waals surface area contributed by atoms with Crippen molar-refractivity contribution in [3.05, 3.63) is 27.8 Å². The standard InChI is InChI=1S/C12H13IN2O/c1-8(2)11(7-14)12(16)15-10-5-3-9(13)4-6-10/h3-6,8,11H,1-2H3,(H,15,16). The summed E-state index contributed by atoms with van der Waals surface area (Å²) in [5.41, 5.74) is 0.728. The first-order valence-electron chi connectivity index (χ1n) is 5.00. The number of halogens is 1. The van der Waals surface area contributed by atoms with Gasteiger partial charge in [-0.2, -0.15) is 5.26 Å². The zero-order valence-electron chi connectivity index (χ0n) is 9.20. The molecule has 1 atom stereocenters. The molecule has 3 nitrogen and oxygen atoms in total. The number of hydrogen-bond acceptors (Lipinski definition) is 2. The van der Waals surface area contributed by atoms with Crippen LogP contribution >= 0.6 is 22.6 Å². The summed E-state index contributed by atoms with van der Waals surface area (Å²) in [6.45, 7) is 3.72. The predicted molar refractivity (Wildman–Crippen MR) is 71.7 cm³/mol. The SMILES string of the molecule is CC(C)C(C#N)C(=O)Nc1ccc(I)cc1. The van der Waals surface area contributed by atoms with E-state index in [1.165, 1.54) is 0 Å². The Kier molecular flexibility index (Phi) is 4.74. The third-order valence-corrected chi connectivity index (χ3v) is 2.92. The van der Waals surface area contributed by atoms with Crippen molar-refractivity contribution in [1.29, 1.82) is 5.26 Å². The molecule has 1 aromatic rings. The van der Waals surface area contributed by atoms with E-state index in [-0.39, 0.29) is 11.8 Å². The Hall–Kier alpha value is -1.09. The van der Waals surface area contributed by atoms with Gasteiger partial charge < -0.3 is 5.32 Å². The molecule has 16 heavy (non-hydrogen) atoms. The van der Waals surface area contributed by atoms with Crippen molar-refractivity contribution in [2.45, 2.75) is 13.8 Å². The topological polar surface area (TPSA) is 52.9 Å². The molecule has 1 amide bonds. The number of rotatable bonds is 3. The average Bonchev–Trinajstić information content (AvgIpc) is 2.22. The summed E-state index contributed by atoms with van der Waals surface area (Å²) in [5, 5.41) is 11.6. The molecule has 4 heteroatoms. The molecule has 0 aliphatic heterocycles. The van der Waals surface area contributed by atoms with E-state index in [1.807, 2.05) is 44.2 Å². The Bertz CT molecular complexity index is 406. The lowest BCUT2D eigenvalue weighted by atomic mass is 9.96. The Morgan fingerprint density at radius 2 is 1.94 bits per heavy atom. The summed E-state index contributed by atoms with van der Waals surface area (Å²) in [7, 11) is 0. The summed E-state index contributed by atoms with van der Waals surface area (Å²) in [4.78, 5) is 11.7. The van der Waals surface area contributed by atoms with Crippen LogP contribution < -0.4 is 5.32 Å². The number of carbonyl (C=O) groups is 1. The van der Waals surface area contributed by atoms with Gasteiger partial charge >= 0.3 is 0 Å². The molecule has 84 valence electrons. The van der Waals surface area contributed by atoms with Crippen LogP contribution in [0.15, 0.2) is 24.3 Å². The monoisotopic (exact) mass is 328 g/mol. The number of amides is 1. The van der Waals surface area contributed by atoms with Gasteiger partial charge in [-0.1, -0.05) is 13.8 Å². The molecule has 1 unspecified atom stereocenters. The van der Waals surface area contributed by atoms with Gasteiger partial charge in [-0.15, -0.1) is 0 Å². The summed E-state index contributed by atoms with van der Waals surface area (Å²) in [6, 6.07) is 9.49. The van der Waals surface area contributed by atoms with E-state index >= 15 is 0 Å². The maximum atomic E-state index is 11.7. The number of nitrogens with one attached hydrogen (secondary N) is 1. The molecule has 0 aliphatic carbocycles. The lowest BCUT2D eigenvalue weighted by molar-refractivity contribution is -0.119. The Balaban J connectivity index is 2.71. The van der Waals surface area contributed by atoms with Gasteiger partial charge in [-0.05, 0) is 52.8 Å². The van der Waals surface area contributed by atoms with Gasteiger partial charge in [0, 0.05) is 9.26 Å². The third kappa shape index (κ3) is 3.49. The molecular weight excluding hydrogens is 315 g/mol. The van der Waals surface area contributed by atoms with E-state index in [2.05, 4.69) is 27.9 Å². The largest absolute Gasteiger partial charge is 0.325 e. The van der Waals surface area contributed by atoms with Crippen molar-refractivity contribution in [1.82, 2.24) is 0 Å². The van der Waals surface area contributed by atoms with Crippen LogP contribution in [0.1, 0.15) is 13.8 Å². The van der Waals surface area contributed by atoms with Crippen LogP contribution in [0.25, 0.3) is 0 Å². The fraction of sp³-hybridized carbons (Fsp3) is 0.333. The van der Waals surface area contributed by atoms with Crippen LogP contribution in [0.4, 0.5) is 5.69 Å². The van der Waals surface area contributed by atoms with Gasteiger partial charge in [0.15, 0.2) is 0 Å². The van der Waals surface area contributed by atoms with E-state index in [4.69, 9.17) is 5.26 Å². The lowest BCUT2D eigenvalue weighted by Gasteiger charge is -2.12. The third-order valence-electron chi connectivity index (χ3n) is 2.20. The molecule has 0 bridgehead atoms. The van der Waals surface area contributed by atoms with E-state index in [0.29, 0.717) is 0 Å². The highest BCUT2D eigenvalue weighted by molar-refractivity contribution is 14.1. The smallest absolute Gasteiger partial charge is 0.241 e. The Labute approximate surface area is 109 Å². The van der Waals surface area contributed by atoms with Crippen molar-refractivity contribution in [3.8, 4) is 6.07 Å². The summed E-state index contributed by atoms with van der Waals surface area (Å²) in [5.74, 6) is -0.813. The molecule has 0 radical (unpaired) electrons. The summed E-state index contributed by atoms with van der Waals surface area (Å²) in [6.07, 6.45) is 0. The first kappa shape index (κ1) is 13.0. The van der Waals surface area contributed by atoms with Crippen LogP contribution in [0.3, 0.4) is 0 Å². The number of hydrogen-bond donors (Lipinski definition) is 1. The van der Waals surface area contributed by atoms with E-state index < -0.39 is 5.92 Å². The molecule has 0 saturated carbocycles. The van der Waals surface area contributed by atoms with Gasteiger partial charge in [-0.3, -0.25) is 4.79 Å². The maximum absolute atomic E-state index is 11.7. The van der Waals surface area contributed by atoms with Crippen molar-refractivity contribution in [2.24, 2.45) is 11.8 Å². The second-order valence-electron chi connectivity index (χ2n) is 3.85. The highest BCUT2D eigenvalue weighted by Crippen LogP contribution is 2.15. The Morgan fingerprint density at radius 3 is 2.38 bits per heavy atom. The lowest BCUT2D eigenvalue weighted by Crippen LogP contribution is -2.25. The van der Waals surface area contributed by atoms with Crippen LogP contribution in [-0.2, 0) is 4.79 Å². The predicted octanol–water partition coefficient (Wildman–Crippen LogP) is 3.03. The number of benzene rings is 1. The second-order valence-corrected chi connectivity index (χ2v) is 5.09. The van der Waals surface area contributed by atoms with Gasteiger partial charge in [0.1, 0.15) is 5.92 Å². The Morgan fingerprint density at radius 1 is 1.38 bits per heavy atom. The van der Waals surface area contributed by atoms with E-state index in [9.17, 15) is 4.79 Å². The fourth-order valence-corrected chi connectivity index (χ4v) is 1.62. The second kappa shape index (κ2) is 5.85. The van der Waals surface area contributed by atoms with E-state index in [0.717, 1.165) is 9.26 Å². The molecular formula is C12H13IN2O. The number of carbonyl (C=O) groups excluding carboxylic acids is 1. The van der Waals surface area contributed by atoms with Crippen molar-refractivity contribution < 1.29 is 4.79 Å². The summed E-state index contributed by atoms with van der Waals surface area (Å²) >= 11 is 2.20. The van der Waals surface area contributed by atoms with Gasteiger partial charge in [0.25, 0.3) is 0 Å². The molecule has 0 heterocycles. The highest BCUT2D eigenvalue weighted by Gasteiger charge is 2.21. The molecule has 0 spiro atoms. The van der Waals surface area contributed by atoms with Gasteiger partial charge in [0.05, 0.1) is 6.07 Å². The molecule has 0 saturated heterocycles. The normalized spacial score (nSPS) is 11.9. The fourth-order valence-electron chi connectivity index (χ4n) is 1.26. The van der Waals surface area contributed by atoms with Crippen molar-refractivity contribution >= 4 is 34.2 Å². The minimum Gasteiger partial charge on any atom is -0.325 e. The van der Waals surface area contributed by atoms with Crippen molar-refractivity contribution in [2.75, 3.05) is 5.32 Å². The van der Waals surface area contributed by atoms with Crippen LogP contribution in [-0.4, -0.2) is 5.91 Å². The molecule has 0 fully saturated rings.